The Bertz CT molecular complexity index is 1010. The molecule has 12 nitrogen and oxygen atoms in total. The molecule has 1 saturated heterocycles. The van der Waals surface area contributed by atoms with Gasteiger partial charge >= 0.3 is 5.97 Å². The van der Waals surface area contributed by atoms with E-state index < -0.39 is 36.6 Å². The predicted molar refractivity (Wildman–Crippen MR) is 106 cm³/mol. The first-order chi connectivity index (χ1) is 14.2. The Morgan fingerprint density at radius 2 is 2.07 bits per heavy atom. The molecule has 0 aromatic carbocycles. The van der Waals surface area contributed by atoms with Gasteiger partial charge in [-0.3, -0.25) is 4.79 Å². The fraction of sp³-hybridized carbons (Fsp3) is 0.556. The van der Waals surface area contributed by atoms with Crippen molar-refractivity contribution >= 4 is 28.7 Å². The van der Waals surface area contributed by atoms with Crippen LogP contribution >= 0.6 is 0 Å². The fourth-order valence-electron chi connectivity index (χ4n) is 3.59. The molecule has 12 heteroatoms. The van der Waals surface area contributed by atoms with Crippen LogP contribution in [0.2, 0.25) is 0 Å². The molecule has 0 bridgehead atoms. The van der Waals surface area contributed by atoms with Crippen LogP contribution in [-0.4, -0.2) is 74.6 Å². The lowest BCUT2D eigenvalue weighted by Crippen LogP contribution is -2.40. The zero-order valence-electron chi connectivity index (χ0n) is 16.8. The molecule has 2 aliphatic rings. The molecule has 4 rings (SSSR count). The average molecular weight is 419 g/mol. The topological polar surface area (TPSA) is 174 Å². The minimum Gasteiger partial charge on any atom is -0.462 e. The monoisotopic (exact) mass is 419 g/mol. The van der Waals surface area contributed by atoms with Crippen molar-refractivity contribution in [2.75, 3.05) is 18.7 Å². The second-order valence-electron chi connectivity index (χ2n) is 7.80. The van der Waals surface area contributed by atoms with E-state index in [0.29, 0.717) is 22.4 Å². The summed E-state index contributed by atoms with van der Waals surface area (Å²) in [6.07, 6.45) is -1.45. The van der Waals surface area contributed by atoms with Crippen LogP contribution in [0.4, 0.5) is 5.82 Å². The third-order valence-electron chi connectivity index (χ3n) is 5.42. The van der Waals surface area contributed by atoms with E-state index in [1.807, 2.05) is 0 Å². The van der Waals surface area contributed by atoms with Gasteiger partial charge in [-0.2, -0.15) is 5.10 Å². The molecule has 6 N–H and O–H groups in total. The van der Waals surface area contributed by atoms with Crippen LogP contribution in [0.1, 0.15) is 25.6 Å². The van der Waals surface area contributed by atoms with Crippen LogP contribution in [0.15, 0.2) is 17.6 Å². The molecular formula is C18H25N7O5. The van der Waals surface area contributed by atoms with Gasteiger partial charge in [0.1, 0.15) is 42.9 Å². The minimum absolute atomic E-state index is 0.0940. The Morgan fingerprint density at radius 3 is 2.77 bits per heavy atom. The summed E-state index contributed by atoms with van der Waals surface area (Å²) < 4.78 is 12.6. The van der Waals surface area contributed by atoms with Crippen molar-refractivity contribution in [2.24, 2.45) is 22.5 Å². The van der Waals surface area contributed by atoms with Crippen LogP contribution in [0.5, 0.6) is 0 Å². The van der Waals surface area contributed by atoms with Crippen LogP contribution in [-0.2, 0) is 14.3 Å². The largest absolute Gasteiger partial charge is 0.462 e. The first-order valence-corrected chi connectivity index (χ1v) is 9.58. The van der Waals surface area contributed by atoms with Gasteiger partial charge in [-0.15, -0.1) is 0 Å². The molecule has 0 amide bonds. The van der Waals surface area contributed by atoms with Gasteiger partial charge in [0, 0.05) is 18.8 Å². The molecule has 4 heterocycles. The Morgan fingerprint density at radius 1 is 1.33 bits per heavy atom. The number of amidine groups is 1. The lowest BCUT2D eigenvalue weighted by Gasteiger charge is -2.19. The van der Waals surface area contributed by atoms with Gasteiger partial charge in [0.15, 0.2) is 17.9 Å². The maximum Gasteiger partial charge on any atom is 0.323 e. The van der Waals surface area contributed by atoms with E-state index in [-0.39, 0.29) is 18.4 Å². The lowest BCUT2D eigenvalue weighted by molar-refractivity contribution is -0.152. The highest BCUT2D eigenvalue weighted by Gasteiger charge is 2.45. The molecule has 2 aromatic rings. The van der Waals surface area contributed by atoms with Gasteiger partial charge in [-0.05, 0) is 5.92 Å². The van der Waals surface area contributed by atoms with Crippen molar-refractivity contribution in [3.05, 3.63) is 18.1 Å². The quantitative estimate of drug-likeness (QED) is 0.424. The summed E-state index contributed by atoms with van der Waals surface area (Å²) in [5.74, 6) is 0.139. The minimum atomic E-state index is -1.29. The second-order valence-corrected chi connectivity index (χ2v) is 7.80. The van der Waals surface area contributed by atoms with Gasteiger partial charge in [-0.25, -0.2) is 15.0 Å². The number of nitrogens with zero attached hydrogens (tertiary/aromatic N) is 5. The summed E-state index contributed by atoms with van der Waals surface area (Å²) in [6.45, 7) is 3.36. The number of anilines is 1. The molecule has 2 aromatic heterocycles. The molecule has 0 radical (unpaired) electrons. The summed E-state index contributed by atoms with van der Waals surface area (Å²) >= 11 is 0. The summed E-state index contributed by atoms with van der Waals surface area (Å²) in [5.41, 5.74) is 12.9. The van der Waals surface area contributed by atoms with E-state index in [1.165, 1.54) is 11.3 Å². The average Bonchev–Trinajstić information content (AvgIpc) is 3.23. The normalized spacial score (nSPS) is 26.9. The fourth-order valence-corrected chi connectivity index (χ4v) is 3.59. The van der Waals surface area contributed by atoms with Crippen molar-refractivity contribution in [1.29, 1.82) is 0 Å². The summed E-state index contributed by atoms with van der Waals surface area (Å²) in [5, 5.41) is 27.5. The molecule has 1 fully saturated rings. The number of hydrogen-bond donors (Lipinski definition) is 4. The van der Waals surface area contributed by atoms with Gasteiger partial charge in [0.05, 0.1) is 5.39 Å². The Kier molecular flexibility index (Phi) is 5.10. The molecule has 0 aliphatic carbocycles. The molecule has 0 saturated carbocycles. The van der Waals surface area contributed by atoms with E-state index in [4.69, 9.17) is 20.9 Å². The highest BCUT2D eigenvalue weighted by Crippen LogP contribution is 2.37. The zero-order valence-corrected chi connectivity index (χ0v) is 16.8. The van der Waals surface area contributed by atoms with Crippen molar-refractivity contribution in [2.45, 2.75) is 44.4 Å². The number of carbonyl (C=O) groups excluding carboxylic acids is 1. The molecule has 30 heavy (non-hydrogen) atoms. The van der Waals surface area contributed by atoms with Crippen molar-refractivity contribution in [3.8, 4) is 0 Å². The predicted octanol–water partition coefficient (Wildman–Crippen LogP) is -1.35. The number of nitrogens with two attached hydrogens (primary N) is 2. The third-order valence-corrected chi connectivity index (χ3v) is 5.42. The maximum absolute atomic E-state index is 12.0. The van der Waals surface area contributed by atoms with E-state index in [1.54, 1.807) is 31.7 Å². The van der Waals surface area contributed by atoms with Gasteiger partial charge in [0.25, 0.3) is 0 Å². The zero-order chi connectivity index (χ0) is 21.7. The van der Waals surface area contributed by atoms with Crippen molar-refractivity contribution < 1.29 is 24.5 Å². The molecule has 3 unspecified atom stereocenters. The van der Waals surface area contributed by atoms with Crippen molar-refractivity contribution in [3.63, 3.8) is 0 Å². The molecule has 0 spiro atoms. The first-order valence-electron chi connectivity index (χ1n) is 9.58. The van der Waals surface area contributed by atoms with E-state index >= 15 is 0 Å². The molecule has 162 valence electrons. The van der Waals surface area contributed by atoms with Gasteiger partial charge in [-0.1, -0.05) is 13.8 Å². The van der Waals surface area contributed by atoms with E-state index in [0.717, 1.165) is 0 Å². The number of rotatable bonds is 5. The Balaban J connectivity index is 1.60. The number of aliphatic hydroxyl groups is 2. The Labute approximate surface area is 172 Å². The number of ether oxygens (including phenoxy) is 2. The Hall–Kier alpha value is -2.80. The molecule has 5 atom stereocenters. The third kappa shape index (κ3) is 3.17. The number of hydrazone groups is 1. The van der Waals surface area contributed by atoms with E-state index in [9.17, 15) is 15.0 Å². The van der Waals surface area contributed by atoms with Crippen molar-refractivity contribution in [1.82, 2.24) is 14.5 Å². The summed E-state index contributed by atoms with van der Waals surface area (Å²) in [4.78, 5) is 20.5. The van der Waals surface area contributed by atoms with Crippen LogP contribution in [0.25, 0.3) is 11.0 Å². The molecular weight excluding hydrogens is 394 g/mol. The van der Waals surface area contributed by atoms with Crippen LogP contribution < -0.4 is 16.5 Å². The number of esters is 1. The number of hydrogen-bond acceptors (Lipinski definition) is 11. The van der Waals surface area contributed by atoms with Crippen LogP contribution in [0, 0.1) is 5.92 Å². The maximum atomic E-state index is 12.0. The summed E-state index contributed by atoms with van der Waals surface area (Å²) in [7, 11) is 1.71. The van der Waals surface area contributed by atoms with Crippen LogP contribution in [0.3, 0.4) is 0 Å². The van der Waals surface area contributed by atoms with Gasteiger partial charge in [0.2, 0.25) is 0 Å². The smallest absolute Gasteiger partial charge is 0.323 e. The standard InChI is InChI=1S/C18H25N7O5/c1-7(2)11(19)18(28)29-5-9-12(26)13(27)17(30-9)25-4-8-10-15(21-6-22-16(10)25)24(3)23-14(8)20/h4,6-7,9,11-13,17,26-27H,5,19H2,1-3H3,(H2,20,23)/t9-,11?,12?,13?,17-/m1/s1. The SMILES string of the molecule is CC(C)C(N)C(=O)OC[C@H]1O[C@@H](n2cc3c4c(ncnc42)N(C)N=C3N)C(O)C1O. The number of aromatic nitrogens is 3. The first kappa shape index (κ1) is 20.5. The lowest BCUT2D eigenvalue weighted by atomic mass is 10.1. The summed E-state index contributed by atoms with van der Waals surface area (Å²) in [6, 6.07) is -0.781. The highest BCUT2D eigenvalue weighted by atomic mass is 16.6. The molecule has 2 aliphatic heterocycles. The second kappa shape index (κ2) is 7.47. The highest BCUT2D eigenvalue weighted by molar-refractivity contribution is 6.13. The number of aliphatic hydroxyl groups excluding tert-OH is 2. The van der Waals surface area contributed by atoms with Gasteiger partial charge < -0.3 is 35.7 Å². The van der Waals surface area contributed by atoms with E-state index in [2.05, 4.69) is 15.1 Å². The number of carbonyl (C=O) groups is 1.